The second kappa shape index (κ2) is 35.3. The van der Waals surface area contributed by atoms with Crippen LogP contribution in [-0.2, 0) is 65.3 Å². The first-order valence-electron chi connectivity index (χ1n) is 32.1. The molecule has 91 heavy (non-hydrogen) atoms. The maximum Gasteiger partial charge on any atom is 0.416 e. The predicted octanol–water partition coefficient (Wildman–Crippen LogP) is 4.12. The number of piperidine rings is 1. The molecule has 0 aromatic heterocycles. The number of halogens is 3. The van der Waals surface area contributed by atoms with Gasteiger partial charge >= 0.3 is 6.18 Å². The van der Waals surface area contributed by atoms with Crippen molar-refractivity contribution in [3.05, 3.63) is 35.4 Å². The summed E-state index contributed by atoms with van der Waals surface area (Å²) in [5, 5.41) is 24.7. The summed E-state index contributed by atoms with van der Waals surface area (Å²) < 4.78 is 41.5. The highest BCUT2D eigenvalue weighted by Gasteiger charge is 2.43. The number of likely N-dealkylation sites (N-methyl/N-ethyl adjacent to an activating group) is 5. The van der Waals surface area contributed by atoms with E-state index in [4.69, 9.17) is 0 Å². The van der Waals surface area contributed by atoms with Crippen molar-refractivity contribution in [1.82, 2.24) is 56.0 Å². The van der Waals surface area contributed by atoms with E-state index in [1.54, 1.807) is 41.5 Å². The van der Waals surface area contributed by atoms with Crippen LogP contribution in [0, 0.1) is 35.5 Å². The summed E-state index contributed by atoms with van der Waals surface area (Å²) in [6, 6.07) is -8.77. The predicted molar refractivity (Wildman–Crippen MR) is 338 cm³/mol. The Bertz CT molecular complexity index is 2660. The van der Waals surface area contributed by atoms with Gasteiger partial charge in [0.15, 0.2) is 0 Å². The Kier molecular flexibility index (Phi) is 30.4. The van der Waals surface area contributed by atoms with Crippen LogP contribution in [0.25, 0.3) is 0 Å². The Hall–Kier alpha value is -6.86. The number of benzene rings is 1. The third kappa shape index (κ3) is 23.3. The van der Waals surface area contributed by atoms with E-state index in [2.05, 4.69) is 26.6 Å². The van der Waals surface area contributed by atoms with E-state index in [-0.39, 0.29) is 67.3 Å². The average molecular weight is 1290 g/mol. The Morgan fingerprint density at radius 3 is 1.40 bits per heavy atom. The summed E-state index contributed by atoms with van der Waals surface area (Å²) >= 11 is 0. The monoisotopic (exact) mass is 1290 g/mol. The van der Waals surface area contributed by atoms with Gasteiger partial charge < -0.3 is 61.1 Å². The van der Waals surface area contributed by atoms with Crippen molar-refractivity contribution in [1.29, 1.82) is 0 Å². The molecule has 0 aliphatic carbocycles. The van der Waals surface area contributed by atoms with Crippen LogP contribution in [-0.4, -0.2) is 215 Å². The number of hydrogen-bond acceptors (Lipinski definition) is 12. The molecule has 23 nitrogen and oxygen atoms in total. The van der Waals surface area contributed by atoms with Gasteiger partial charge in [-0.2, -0.15) is 13.2 Å². The molecule has 514 valence electrons. The SMILES string of the molecule is CC(C)C[C@@H]1NC(=O)[C@H](CC(C)C)N(C)C(=O)[C@H](CC(C)C)N(C)C(=O)CN(C)C(=O)[C@H]([C@@H](C)O)NC(=O)[C@H](CC(C)C)N(C)C(=O)[C@H](CC(C)C)N(C)C(=O)[C@H](Cc2ccc(C(F)(F)F)cc2)NC(=O)[C@@H](C(C)C)NC(=O)C[C@@H](C(=O)N2CCCCC2)NC1=O. The van der Waals surface area contributed by atoms with Crippen molar-refractivity contribution in [2.24, 2.45) is 35.5 Å². The van der Waals surface area contributed by atoms with Gasteiger partial charge in [-0.15, -0.1) is 0 Å². The van der Waals surface area contributed by atoms with Crippen LogP contribution in [0.15, 0.2) is 24.3 Å². The van der Waals surface area contributed by atoms with E-state index >= 15 is 9.59 Å². The number of hydrogen-bond donors (Lipinski definition) is 6. The number of nitrogens with zero attached hydrogens (tertiary/aromatic N) is 6. The number of nitrogens with one attached hydrogen (secondary N) is 5. The molecule has 2 saturated heterocycles. The lowest BCUT2D eigenvalue weighted by molar-refractivity contribution is -0.151. The molecule has 1 aromatic carbocycles. The zero-order valence-corrected chi connectivity index (χ0v) is 57.0. The lowest BCUT2D eigenvalue weighted by atomic mass is 9.96. The fourth-order valence-electron chi connectivity index (χ4n) is 11.4. The van der Waals surface area contributed by atoms with Crippen molar-refractivity contribution < 1.29 is 71.0 Å². The van der Waals surface area contributed by atoms with Crippen LogP contribution in [0.5, 0.6) is 0 Å². The highest BCUT2D eigenvalue weighted by molar-refractivity contribution is 6.00. The number of alkyl halides is 3. The van der Waals surface area contributed by atoms with Crippen molar-refractivity contribution in [3.63, 3.8) is 0 Å². The number of likely N-dealkylation sites (tertiary alicyclic amines) is 1. The van der Waals surface area contributed by atoms with Crippen LogP contribution in [0.1, 0.15) is 159 Å². The van der Waals surface area contributed by atoms with Gasteiger partial charge in [0.2, 0.25) is 65.0 Å². The number of aliphatic hydroxyl groups is 1. The molecule has 0 saturated carbocycles. The molecule has 2 fully saturated rings. The van der Waals surface area contributed by atoms with Crippen LogP contribution in [0.4, 0.5) is 13.2 Å². The summed E-state index contributed by atoms with van der Waals surface area (Å²) in [5.74, 6) is -10.6. The average Bonchev–Trinajstić information content (AvgIpc) is 1.15. The summed E-state index contributed by atoms with van der Waals surface area (Å²) in [6.45, 7) is 22.6. The van der Waals surface area contributed by atoms with Gasteiger partial charge in [-0.3, -0.25) is 52.7 Å². The van der Waals surface area contributed by atoms with E-state index in [1.807, 2.05) is 41.5 Å². The molecular weight excluding hydrogens is 1180 g/mol. The molecule has 2 aliphatic heterocycles. The number of aliphatic hydroxyl groups excluding tert-OH is 1. The van der Waals surface area contributed by atoms with E-state index < -0.39 is 163 Å². The number of carbonyl (C=O) groups excluding carboxylic acids is 11. The van der Waals surface area contributed by atoms with Crippen LogP contribution >= 0.6 is 0 Å². The molecule has 0 bridgehead atoms. The van der Waals surface area contributed by atoms with E-state index in [9.17, 15) is 61.4 Å². The Labute approximate surface area is 536 Å². The van der Waals surface area contributed by atoms with Gasteiger partial charge in [-0.1, -0.05) is 95.2 Å². The first-order chi connectivity index (χ1) is 42.2. The van der Waals surface area contributed by atoms with Crippen molar-refractivity contribution in [2.75, 3.05) is 54.9 Å². The molecule has 6 N–H and O–H groups in total. The summed E-state index contributed by atoms with van der Waals surface area (Å²) in [5.41, 5.74) is -0.805. The molecule has 0 unspecified atom stereocenters. The molecule has 2 heterocycles. The molecule has 26 heteroatoms. The zero-order chi connectivity index (χ0) is 69.3. The van der Waals surface area contributed by atoms with E-state index in [0.717, 1.165) is 45.4 Å². The number of amides is 11. The quantitative estimate of drug-likeness (QED) is 0.145. The molecule has 11 amide bonds. The molecular formula is C65H106F3N11O12. The summed E-state index contributed by atoms with van der Waals surface area (Å²) in [6.07, 6.45) is -5.01. The van der Waals surface area contributed by atoms with Crippen molar-refractivity contribution in [2.45, 2.75) is 221 Å². The van der Waals surface area contributed by atoms with Gasteiger partial charge in [-0.05, 0) is 111 Å². The topological polar surface area (TPSA) is 288 Å². The van der Waals surface area contributed by atoms with Crippen LogP contribution in [0.3, 0.4) is 0 Å². The smallest absolute Gasteiger partial charge is 0.391 e. The minimum absolute atomic E-state index is 0.00630. The van der Waals surface area contributed by atoms with Crippen LogP contribution < -0.4 is 26.6 Å². The largest absolute Gasteiger partial charge is 0.416 e. The first kappa shape index (κ1) is 78.4. The molecule has 2 aliphatic rings. The molecule has 3 rings (SSSR count). The molecule has 1 aromatic rings. The third-order valence-corrected chi connectivity index (χ3v) is 16.7. The zero-order valence-electron chi connectivity index (χ0n) is 57.0. The third-order valence-electron chi connectivity index (χ3n) is 16.7. The highest BCUT2D eigenvalue weighted by Crippen LogP contribution is 2.30. The standard InChI is InChI=1S/C65H106F3N11O12/c1-36(2)28-45-56(83)70-47(61(88)79-26-20-19-21-27-79)34-52(81)72-54(41(11)12)59(86)71-46(33-43-22-24-44(25-23-43)65(66,67)68)60(87)78(18)51(32-40(9)10)63(90)77(17)49(30-38(5)6)58(85)73-55(42(13)80)64(91)74(14)35-53(82)75(15)50(31-39(7)8)62(89)76(16)48(29-37(3)4)57(84)69-45/h22-25,36-42,45-51,54-55,80H,19-21,26-35H2,1-18H3,(H,69,84)(H,70,83)(H,71,86)(H,72,81)(H,73,85)/t42-,45+,46+,47+,48+,49+,50+,51+,54-,55+/m1/s1. The van der Waals surface area contributed by atoms with Gasteiger partial charge in [0, 0.05) is 54.7 Å². The van der Waals surface area contributed by atoms with Gasteiger partial charge in [0.05, 0.1) is 24.6 Å². The molecule has 0 radical (unpaired) electrons. The maximum atomic E-state index is 15.2. The fourth-order valence-corrected chi connectivity index (χ4v) is 11.4. The highest BCUT2D eigenvalue weighted by atomic mass is 19.4. The lowest BCUT2D eigenvalue weighted by Gasteiger charge is -2.38. The Balaban J connectivity index is 2.37. The van der Waals surface area contributed by atoms with Gasteiger partial charge in [0.1, 0.15) is 54.4 Å². The van der Waals surface area contributed by atoms with E-state index in [0.29, 0.717) is 25.9 Å². The lowest BCUT2D eigenvalue weighted by Crippen LogP contribution is -2.61. The minimum atomic E-state index is -4.71. The summed E-state index contributed by atoms with van der Waals surface area (Å²) in [4.78, 5) is 169. The Morgan fingerprint density at radius 1 is 0.505 bits per heavy atom. The van der Waals surface area contributed by atoms with Gasteiger partial charge in [0.25, 0.3) is 0 Å². The number of carbonyl (C=O) groups is 11. The van der Waals surface area contributed by atoms with Crippen molar-refractivity contribution in [3.8, 4) is 0 Å². The van der Waals surface area contributed by atoms with E-state index in [1.165, 1.54) is 56.9 Å². The molecule has 10 atom stereocenters. The normalized spacial score (nSPS) is 25.3. The van der Waals surface area contributed by atoms with Crippen molar-refractivity contribution >= 4 is 65.0 Å². The summed E-state index contributed by atoms with van der Waals surface area (Å²) in [7, 11) is 6.73. The Morgan fingerprint density at radius 2 is 0.945 bits per heavy atom. The number of rotatable bonds is 15. The second-order valence-electron chi connectivity index (χ2n) is 27.4. The van der Waals surface area contributed by atoms with Crippen LogP contribution in [0.2, 0.25) is 0 Å². The maximum absolute atomic E-state index is 15.2. The van der Waals surface area contributed by atoms with Gasteiger partial charge in [-0.25, -0.2) is 0 Å². The fraction of sp³-hybridized carbons (Fsp3) is 0.738. The second-order valence-corrected chi connectivity index (χ2v) is 27.4. The molecule has 0 spiro atoms. The first-order valence-corrected chi connectivity index (χ1v) is 32.1. The minimum Gasteiger partial charge on any atom is -0.391 e.